The largest absolute Gasteiger partial charge is 0.335 e. The first kappa shape index (κ1) is 13.7. The van der Waals surface area contributed by atoms with Gasteiger partial charge in [-0.15, -0.1) is 0 Å². The zero-order chi connectivity index (χ0) is 14.8. The number of fused-ring (bicyclic) bond motifs is 1. The first-order valence-corrected chi connectivity index (χ1v) is 7.33. The number of hydrogen-bond donors (Lipinski definition) is 3. The summed E-state index contributed by atoms with van der Waals surface area (Å²) >= 11 is 0. The highest BCUT2D eigenvalue weighted by Crippen LogP contribution is 2.19. The van der Waals surface area contributed by atoms with E-state index < -0.39 is 0 Å². The van der Waals surface area contributed by atoms with E-state index in [2.05, 4.69) is 15.6 Å². The van der Waals surface area contributed by atoms with Gasteiger partial charge in [-0.25, -0.2) is 4.79 Å². The number of nitrogens with one attached hydrogen (secondary N) is 3. The zero-order valence-corrected chi connectivity index (χ0v) is 12.0. The molecule has 1 aromatic carbocycles. The fourth-order valence-electron chi connectivity index (χ4n) is 2.81. The van der Waals surface area contributed by atoms with Crippen molar-refractivity contribution in [1.82, 2.24) is 10.3 Å². The number of benzene rings is 1. The van der Waals surface area contributed by atoms with Crippen molar-refractivity contribution in [2.75, 3.05) is 5.32 Å². The molecule has 1 fully saturated rings. The van der Waals surface area contributed by atoms with Crippen LogP contribution in [0.2, 0.25) is 0 Å². The molecule has 1 aliphatic rings. The summed E-state index contributed by atoms with van der Waals surface area (Å²) in [5, 5.41) is 6.75. The van der Waals surface area contributed by atoms with Crippen molar-refractivity contribution in [3.8, 4) is 0 Å². The molecule has 3 rings (SSSR count). The van der Waals surface area contributed by atoms with Gasteiger partial charge in [0, 0.05) is 17.3 Å². The lowest BCUT2D eigenvalue weighted by molar-refractivity contribution is 0.248. The summed E-state index contributed by atoms with van der Waals surface area (Å²) in [6.07, 6.45) is 4.47. The lowest BCUT2D eigenvalue weighted by Crippen LogP contribution is -2.36. The molecule has 0 saturated heterocycles. The molecule has 0 spiro atoms. The molecule has 2 amide bonds. The number of carbonyl (C=O) groups excluding carboxylic acids is 1. The van der Waals surface area contributed by atoms with Crippen LogP contribution in [0, 0.1) is 6.92 Å². The molecule has 2 aromatic rings. The summed E-state index contributed by atoms with van der Waals surface area (Å²) in [4.78, 5) is 26.4. The zero-order valence-electron chi connectivity index (χ0n) is 12.0. The Balaban J connectivity index is 1.76. The molecule has 5 heteroatoms. The predicted octanol–water partition coefficient (Wildman–Crippen LogP) is 2.90. The monoisotopic (exact) mass is 285 g/mol. The summed E-state index contributed by atoms with van der Waals surface area (Å²) < 4.78 is 0. The molecule has 0 aliphatic heterocycles. The maximum absolute atomic E-state index is 11.9. The molecule has 3 N–H and O–H groups in total. The van der Waals surface area contributed by atoms with Crippen LogP contribution in [0.1, 0.15) is 31.2 Å². The molecule has 21 heavy (non-hydrogen) atoms. The van der Waals surface area contributed by atoms with E-state index in [-0.39, 0.29) is 17.6 Å². The number of pyridine rings is 1. The van der Waals surface area contributed by atoms with Crippen LogP contribution in [0.15, 0.2) is 29.1 Å². The Bertz CT molecular complexity index is 730. The number of hydrogen-bond acceptors (Lipinski definition) is 2. The summed E-state index contributed by atoms with van der Waals surface area (Å²) in [5.74, 6) is 0. The van der Waals surface area contributed by atoms with E-state index in [0.717, 1.165) is 23.7 Å². The first-order chi connectivity index (χ1) is 10.1. The average Bonchev–Trinajstić information content (AvgIpc) is 2.93. The van der Waals surface area contributed by atoms with Crippen molar-refractivity contribution in [3.63, 3.8) is 0 Å². The Kier molecular flexibility index (Phi) is 3.64. The van der Waals surface area contributed by atoms with Crippen molar-refractivity contribution in [2.24, 2.45) is 0 Å². The van der Waals surface area contributed by atoms with Crippen LogP contribution in [0.25, 0.3) is 10.9 Å². The van der Waals surface area contributed by atoms with E-state index in [0.29, 0.717) is 11.3 Å². The molecule has 5 nitrogen and oxygen atoms in total. The van der Waals surface area contributed by atoms with E-state index in [1.807, 2.05) is 18.2 Å². The molecule has 1 aliphatic carbocycles. The second-order valence-corrected chi connectivity index (χ2v) is 5.66. The van der Waals surface area contributed by atoms with Crippen LogP contribution < -0.4 is 16.2 Å². The van der Waals surface area contributed by atoms with Gasteiger partial charge in [-0.1, -0.05) is 18.9 Å². The Morgan fingerprint density at radius 3 is 2.76 bits per heavy atom. The summed E-state index contributed by atoms with van der Waals surface area (Å²) in [6.45, 7) is 1.78. The summed E-state index contributed by atoms with van der Waals surface area (Å²) in [5.41, 5.74) is 1.99. The van der Waals surface area contributed by atoms with Crippen molar-refractivity contribution in [3.05, 3.63) is 40.2 Å². The standard InChI is InChI=1S/C16H19N3O2/c1-10-8-11-6-7-13(9-14(11)19-15(10)20)18-16(21)17-12-4-2-3-5-12/h6-9,12H,2-5H2,1H3,(H,19,20)(H2,17,18,21). The molecule has 110 valence electrons. The number of carbonyl (C=O) groups is 1. The number of aromatic nitrogens is 1. The third-order valence-electron chi connectivity index (χ3n) is 3.98. The number of urea groups is 1. The fraction of sp³-hybridized carbons (Fsp3) is 0.375. The van der Waals surface area contributed by atoms with Crippen molar-refractivity contribution in [1.29, 1.82) is 0 Å². The molecule has 1 heterocycles. The maximum atomic E-state index is 11.9. The predicted molar refractivity (Wildman–Crippen MR) is 83.7 cm³/mol. The third-order valence-corrected chi connectivity index (χ3v) is 3.98. The topological polar surface area (TPSA) is 74.0 Å². The van der Waals surface area contributed by atoms with Crippen molar-refractivity contribution < 1.29 is 4.79 Å². The molecule has 0 atom stereocenters. The second kappa shape index (κ2) is 5.60. The van der Waals surface area contributed by atoms with Crippen molar-refractivity contribution in [2.45, 2.75) is 38.6 Å². The highest BCUT2D eigenvalue weighted by molar-refractivity contribution is 5.92. The molecule has 0 unspecified atom stereocenters. The van der Waals surface area contributed by atoms with Crippen LogP contribution in [-0.2, 0) is 0 Å². The maximum Gasteiger partial charge on any atom is 0.319 e. The average molecular weight is 285 g/mol. The van der Waals surface area contributed by atoms with Gasteiger partial charge in [-0.05, 0) is 43.4 Å². The molecule has 1 aromatic heterocycles. The summed E-state index contributed by atoms with van der Waals surface area (Å²) in [7, 11) is 0. The third kappa shape index (κ3) is 3.07. The van der Waals surface area contributed by atoms with Gasteiger partial charge < -0.3 is 15.6 Å². The lowest BCUT2D eigenvalue weighted by atomic mass is 10.1. The van der Waals surface area contributed by atoms with Crippen LogP contribution in [0.3, 0.4) is 0 Å². The SMILES string of the molecule is Cc1cc2ccc(NC(=O)NC3CCCC3)cc2[nH]c1=O. The number of aryl methyl sites for hydroxylation is 1. The Morgan fingerprint density at radius 1 is 1.24 bits per heavy atom. The first-order valence-electron chi connectivity index (χ1n) is 7.33. The van der Waals surface area contributed by atoms with Gasteiger partial charge in [0.25, 0.3) is 5.56 Å². The quantitative estimate of drug-likeness (QED) is 0.793. The minimum Gasteiger partial charge on any atom is -0.335 e. The molecule has 0 radical (unpaired) electrons. The molecular weight excluding hydrogens is 266 g/mol. The number of anilines is 1. The lowest BCUT2D eigenvalue weighted by Gasteiger charge is -2.13. The van der Waals surface area contributed by atoms with Gasteiger partial charge in [0.1, 0.15) is 0 Å². The van der Waals surface area contributed by atoms with Gasteiger partial charge in [-0.2, -0.15) is 0 Å². The minimum absolute atomic E-state index is 0.102. The Hall–Kier alpha value is -2.30. The minimum atomic E-state index is -0.185. The number of aromatic amines is 1. The van der Waals surface area contributed by atoms with Crippen LogP contribution in [0.5, 0.6) is 0 Å². The van der Waals surface area contributed by atoms with Gasteiger partial charge in [0.2, 0.25) is 0 Å². The molecule has 0 bridgehead atoms. The smallest absolute Gasteiger partial charge is 0.319 e. The highest BCUT2D eigenvalue weighted by atomic mass is 16.2. The van der Waals surface area contributed by atoms with Gasteiger partial charge in [-0.3, -0.25) is 4.79 Å². The normalized spacial score (nSPS) is 15.3. The van der Waals surface area contributed by atoms with Crippen LogP contribution in [0.4, 0.5) is 10.5 Å². The van der Waals surface area contributed by atoms with Gasteiger partial charge in [0.15, 0.2) is 0 Å². The number of amides is 2. The van der Waals surface area contributed by atoms with E-state index in [1.165, 1.54) is 12.8 Å². The number of rotatable bonds is 2. The second-order valence-electron chi connectivity index (χ2n) is 5.66. The van der Waals surface area contributed by atoms with Gasteiger partial charge >= 0.3 is 6.03 Å². The molecular formula is C16H19N3O2. The summed E-state index contributed by atoms with van der Waals surface area (Å²) in [6, 6.07) is 7.46. The van der Waals surface area contributed by atoms with Crippen molar-refractivity contribution >= 4 is 22.6 Å². The van der Waals surface area contributed by atoms with E-state index >= 15 is 0 Å². The molecule has 1 saturated carbocycles. The van der Waals surface area contributed by atoms with Crippen LogP contribution >= 0.6 is 0 Å². The Labute approximate surface area is 122 Å². The van der Waals surface area contributed by atoms with E-state index in [9.17, 15) is 9.59 Å². The Morgan fingerprint density at radius 2 is 2.00 bits per heavy atom. The van der Waals surface area contributed by atoms with E-state index in [4.69, 9.17) is 0 Å². The van der Waals surface area contributed by atoms with Gasteiger partial charge in [0.05, 0.1) is 5.52 Å². The van der Waals surface area contributed by atoms with E-state index in [1.54, 1.807) is 13.0 Å². The fourth-order valence-corrected chi connectivity index (χ4v) is 2.81. The number of H-pyrrole nitrogens is 1. The van der Waals surface area contributed by atoms with Crippen LogP contribution in [-0.4, -0.2) is 17.1 Å². The highest BCUT2D eigenvalue weighted by Gasteiger charge is 2.16.